The molecular formula is C17H24N6O2. The Hall–Kier alpha value is -3.03. The second kappa shape index (κ2) is 9.31. The molecule has 0 radical (unpaired) electrons. The van der Waals surface area contributed by atoms with Crippen LogP contribution in [-0.2, 0) is 24.9 Å². The van der Waals surface area contributed by atoms with Crippen LogP contribution in [0.4, 0.5) is 10.5 Å². The fourth-order valence-corrected chi connectivity index (χ4v) is 2.12. The van der Waals surface area contributed by atoms with Crippen molar-refractivity contribution in [1.82, 2.24) is 20.4 Å². The molecule has 0 fully saturated rings. The number of nitrogens with zero attached hydrogens (tertiary/aromatic N) is 3. The van der Waals surface area contributed by atoms with Crippen LogP contribution in [0.15, 0.2) is 41.5 Å². The van der Waals surface area contributed by atoms with E-state index in [1.54, 1.807) is 6.20 Å². The van der Waals surface area contributed by atoms with Gasteiger partial charge in [-0.1, -0.05) is 12.1 Å². The molecule has 1 heterocycles. The summed E-state index contributed by atoms with van der Waals surface area (Å²) < 4.78 is 6.38. The van der Waals surface area contributed by atoms with Gasteiger partial charge in [-0.3, -0.25) is 10.00 Å². The maximum absolute atomic E-state index is 11.2. The zero-order valence-electron chi connectivity index (χ0n) is 14.7. The first kappa shape index (κ1) is 18.3. The zero-order chi connectivity index (χ0) is 18.1. The van der Waals surface area contributed by atoms with Crippen LogP contribution in [0.5, 0.6) is 0 Å². The number of hydrogen-bond acceptors (Lipinski definition) is 4. The molecule has 3 N–H and O–H groups in total. The molecular weight excluding hydrogens is 320 g/mol. The number of hydrogen-bond donors (Lipinski definition) is 3. The Morgan fingerprint density at radius 2 is 2.00 bits per heavy atom. The summed E-state index contributed by atoms with van der Waals surface area (Å²) in [6, 6.07) is 9.43. The van der Waals surface area contributed by atoms with Crippen molar-refractivity contribution in [3.63, 3.8) is 0 Å². The second-order valence-electron chi connectivity index (χ2n) is 5.31. The van der Waals surface area contributed by atoms with Crippen molar-refractivity contribution in [2.45, 2.75) is 20.0 Å². The highest BCUT2D eigenvalue weighted by molar-refractivity contribution is 5.84. The number of aromatic nitrogens is 2. The number of carbonyl (C=O) groups excluding carboxylic acids is 1. The molecule has 0 aliphatic carbocycles. The standard InChI is InChI=1S/C17H24N6O2/c1-4-18-16(20-12-15-9-10-21-23(15)2)19-11-13-5-7-14(8-6-13)22-17(24)25-3/h5-10H,4,11-12H2,1-3H3,(H,22,24)(H2,18,19,20). The van der Waals surface area contributed by atoms with Gasteiger partial charge >= 0.3 is 6.09 Å². The molecule has 1 amide bonds. The number of nitrogens with one attached hydrogen (secondary N) is 3. The molecule has 0 atom stereocenters. The zero-order valence-corrected chi connectivity index (χ0v) is 14.7. The molecule has 0 aliphatic heterocycles. The smallest absolute Gasteiger partial charge is 0.411 e. The molecule has 0 bridgehead atoms. The fourth-order valence-electron chi connectivity index (χ4n) is 2.12. The van der Waals surface area contributed by atoms with Gasteiger partial charge in [0.1, 0.15) is 0 Å². The molecule has 8 nitrogen and oxygen atoms in total. The number of aryl methyl sites for hydroxylation is 1. The number of methoxy groups -OCH3 is 1. The number of amides is 1. The van der Waals surface area contributed by atoms with Gasteiger partial charge in [-0.2, -0.15) is 5.10 Å². The lowest BCUT2D eigenvalue weighted by molar-refractivity contribution is 0.187. The SMILES string of the molecule is CCNC(=NCc1ccc(NC(=O)OC)cc1)NCc1ccnn1C. The molecule has 0 spiro atoms. The number of benzene rings is 1. The quantitative estimate of drug-likeness (QED) is 0.549. The van der Waals surface area contributed by atoms with Gasteiger partial charge in [0.2, 0.25) is 0 Å². The molecule has 0 saturated carbocycles. The van der Waals surface area contributed by atoms with Crippen molar-refractivity contribution < 1.29 is 9.53 Å². The molecule has 25 heavy (non-hydrogen) atoms. The van der Waals surface area contributed by atoms with Crippen molar-refractivity contribution in [1.29, 1.82) is 0 Å². The summed E-state index contributed by atoms with van der Waals surface area (Å²) in [5, 5.41) is 13.3. The average molecular weight is 344 g/mol. The van der Waals surface area contributed by atoms with Crippen molar-refractivity contribution >= 4 is 17.7 Å². The van der Waals surface area contributed by atoms with E-state index in [2.05, 4.69) is 30.8 Å². The van der Waals surface area contributed by atoms with Crippen molar-refractivity contribution in [2.24, 2.45) is 12.0 Å². The molecule has 2 rings (SSSR count). The maximum atomic E-state index is 11.2. The highest BCUT2D eigenvalue weighted by Crippen LogP contribution is 2.10. The van der Waals surface area contributed by atoms with Crippen LogP contribution in [0.1, 0.15) is 18.2 Å². The maximum Gasteiger partial charge on any atom is 0.411 e. The number of anilines is 1. The Balaban J connectivity index is 1.93. The summed E-state index contributed by atoms with van der Waals surface area (Å²) in [6.07, 6.45) is 1.28. The molecule has 1 aromatic heterocycles. The van der Waals surface area contributed by atoms with Crippen LogP contribution in [0.3, 0.4) is 0 Å². The van der Waals surface area contributed by atoms with Gasteiger partial charge < -0.3 is 15.4 Å². The minimum absolute atomic E-state index is 0.487. The van der Waals surface area contributed by atoms with E-state index in [1.807, 2.05) is 49.0 Å². The van der Waals surface area contributed by atoms with Crippen molar-refractivity contribution in [3.05, 3.63) is 47.8 Å². The molecule has 2 aromatic rings. The third kappa shape index (κ3) is 5.83. The van der Waals surface area contributed by atoms with Crippen molar-refractivity contribution in [2.75, 3.05) is 19.0 Å². The third-order valence-electron chi connectivity index (χ3n) is 3.51. The summed E-state index contributed by atoms with van der Waals surface area (Å²) in [4.78, 5) is 15.7. The van der Waals surface area contributed by atoms with E-state index in [0.29, 0.717) is 18.8 Å². The first-order valence-corrected chi connectivity index (χ1v) is 8.05. The Bertz CT molecular complexity index is 708. The van der Waals surface area contributed by atoms with E-state index in [0.717, 1.165) is 23.8 Å². The Labute approximate surface area is 147 Å². The lowest BCUT2D eigenvalue weighted by Gasteiger charge is -2.11. The summed E-state index contributed by atoms with van der Waals surface area (Å²) in [5.41, 5.74) is 2.79. The Kier molecular flexibility index (Phi) is 6.82. The summed E-state index contributed by atoms with van der Waals surface area (Å²) >= 11 is 0. The largest absolute Gasteiger partial charge is 0.453 e. The van der Waals surface area contributed by atoms with E-state index in [4.69, 9.17) is 0 Å². The summed E-state index contributed by atoms with van der Waals surface area (Å²) in [6.45, 7) is 3.97. The molecule has 134 valence electrons. The molecule has 0 unspecified atom stereocenters. The van der Waals surface area contributed by atoms with Crippen LogP contribution in [0.25, 0.3) is 0 Å². The van der Waals surface area contributed by atoms with Gasteiger partial charge in [-0.25, -0.2) is 9.79 Å². The van der Waals surface area contributed by atoms with E-state index < -0.39 is 6.09 Å². The summed E-state index contributed by atoms with van der Waals surface area (Å²) in [7, 11) is 3.24. The predicted octanol–water partition coefficient (Wildman–Crippen LogP) is 1.85. The van der Waals surface area contributed by atoms with Crippen LogP contribution < -0.4 is 16.0 Å². The Morgan fingerprint density at radius 1 is 1.24 bits per heavy atom. The van der Waals surface area contributed by atoms with Crippen LogP contribution in [-0.4, -0.2) is 35.5 Å². The lowest BCUT2D eigenvalue weighted by atomic mass is 10.2. The first-order valence-electron chi connectivity index (χ1n) is 8.05. The minimum atomic E-state index is -0.487. The highest BCUT2D eigenvalue weighted by atomic mass is 16.5. The second-order valence-corrected chi connectivity index (χ2v) is 5.31. The van der Waals surface area contributed by atoms with E-state index in [-0.39, 0.29) is 0 Å². The molecule has 1 aromatic carbocycles. The van der Waals surface area contributed by atoms with Crippen LogP contribution in [0, 0.1) is 0 Å². The highest BCUT2D eigenvalue weighted by Gasteiger charge is 2.03. The summed E-state index contributed by atoms with van der Waals surface area (Å²) in [5.74, 6) is 0.737. The van der Waals surface area contributed by atoms with Crippen LogP contribution >= 0.6 is 0 Å². The van der Waals surface area contributed by atoms with Gasteiger partial charge in [0.25, 0.3) is 0 Å². The van der Waals surface area contributed by atoms with Crippen LogP contribution in [0.2, 0.25) is 0 Å². The minimum Gasteiger partial charge on any atom is -0.453 e. The van der Waals surface area contributed by atoms with Gasteiger partial charge in [-0.15, -0.1) is 0 Å². The lowest BCUT2D eigenvalue weighted by Crippen LogP contribution is -2.37. The van der Waals surface area contributed by atoms with E-state index in [1.165, 1.54) is 7.11 Å². The van der Waals surface area contributed by atoms with Gasteiger partial charge in [0, 0.05) is 25.5 Å². The van der Waals surface area contributed by atoms with Gasteiger partial charge in [-0.05, 0) is 30.7 Å². The molecule has 8 heteroatoms. The number of ether oxygens (including phenoxy) is 1. The topological polar surface area (TPSA) is 92.6 Å². The molecule has 0 aliphatic rings. The van der Waals surface area contributed by atoms with Crippen molar-refractivity contribution in [3.8, 4) is 0 Å². The normalized spacial score (nSPS) is 11.1. The fraction of sp³-hybridized carbons (Fsp3) is 0.353. The van der Waals surface area contributed by atoms with E-state index >= 15 is 0 Å². The number of rotatable bonds is 6. The third-order valence-corrected chi connectivity index (χ3v) is 3.51. The number of aliphatic imine (C=N–C) groups is 1. The van der Waals surface area contributed by atoms with E-state index in [9.17, 15) is 4.79 Å². The first-order chi connectivity index (χ1) is 12.1. The van der Waals surface area contributed by atoms with Gasteiger partial charge in [0.15, 0.2) is 5.96 Å². The average Bonchev–Trinajstić information content (AvgIpc) is 3.03. The molecule has 0 saturated heterocycles. The number of guanidine groups is 1. The monoisotopic (exact) mass is 344 g/mol. The predicted molar refractivity (Wildman–Crippen MR) is 97.3 cm³/mol. The Morgan fingerprint density at radius 3 is 2.60 bits per heavy atom. The number of carbonyl (C=O) groups is 1. The van der Waals surface area contributed by atoms with Gasteiger partial charge in [0.05, 0.1) is 25.9 Å².